The first kappa shape index (κ1) is 15.0. The second kappa shape index (κ2) is 6.05. The number of benzene rings is 2. The number of thiophene rings is 1. The van der Waals surface area contributed by atoms with Crippen molar-refractivity contribution in [2.24, 2.45) is 0 Å². The minimum Gasteiger partial charge on any atom is -0.298 e. The van der Waals surface area contributed by atoms with Crippen molar-refractivity contribution in [1.29, 1.82) is 0 Å². The molecule has 0 bridgehead atoms. The van der Waals surface area contributed by atoms with Gasteiger partial charge in [0.15, 0.2) is 6.29 Å². The van der Waals surface area contributed by atoms with Crippen LogP contribution in [-0.4, -0.2) is 6.29 Å². The van der Waals surface area contributed by atoms with Crippen molar-refractivity contribution in [3.8, 4) is 0 Å². The third kappa shape index (κ3) is 2.84. The number of rotatable bonds is 5. The van der Waals surface area contributed by atoms with Gasteiger partial charge in [-0.2, -0.15) is 0 Å². The Morgan fingerprint density at radius 1 is 1.00 bits per heavy atom. The van der Waals surface area contributed by atoms with Gasteiger partial charge in [0.2, 0.25) is 0 Å². The van der Waals surface area contributed by atoms with E-state index in [-0.39, 0.29) is 5.41 Å². The highest BCUT2D eigenvalue weighted by Crippen LogP contribution is 2.40. The molecular formula is C20H20OS. The van der Waals surface area contributed by atoms with E-state index in [9.17, 15) is 4.79 Å². The Bertz CT molecular complexity index is 784. The second-order valence-electron chi connectivity index (χ2n) is 6.33. The average molecular weight is 308 g/mol. The van der Waals surface area contributed by atoms with E-state index in [1.807, 2.05) is 24.3 Å². The number of carbonyl (C=O) groups is 1. The summed E-state index contributed by atoms with van der Waals surface area (Å²) in [4.78, 5) is 12.8. The number of hydrogen-bond donors (Lipinski definition) is 0. The molecule has 1 aromatic heterocycles. The number of aldehydes is 1. The first-order valence-electron chi connectivity index (χ1n) is 7.63. The van der Waals surface area contributed by atoms with Crippen molar-refractivity contribution in [2.45, 2.75) is 32.1 Å². The van der Waals surface area contributed by atoms with Crippen LogP contribution in [0.25, 0.3) is 10.1 Å². The average Bonchev–Trinajstić information content (AvgIpc) is 2.93. The summed E-state index contributed by atoms with van der Waals surface area (Å²) >= 11 is 1.76. The second-order valence-corrected chi connectivity index (χ2v) is 7.38. The van der Waals surface area contributed by atoms with E-state index in [0.717, 1.165) is 30.1 Å². The van der Waals surface area contributed by atoms with Crippen molar-refractivity contribution in [3.63, 3.8) is 0 Å². The molecule has 1 nitrogen and oxygen atoms in total. The quantitative estimate of drug-likeness (QED) is 0.559. The molecule has 0 fully saturated rings. The molecular weight excluding hydrogens is 288 g/mol. The van der Waals surface area contributed by atoms with E-state index >= 15 is 0 Å². The summed E-state index contributed by atoms with van der Waals surface area (Å²) in [6.07, 6.45) is 3.09. The molecule has 0 atom stereocenters. The zero-order chi connectivity index (χ0) is 15.6. The summed E-state index contributed by atoms with van der Waals surface area (Å²) in [5.74, 6) is 0. The number of aryl methyl sites for hydroxylation is 1. The van der Waals surface area contributed by atoms with Gasteiger partial charge < -0.3 is 0 Å². The lowest BCUT2D eigenvalue weighted by molar-refractivity contribution is 0.112. The Labute approximate surface area is 135 Å². The first-order chi connectivity index (χ1) is 10.6. The van der Waals surface area contributed by atoms with Gasteiger partial charge in [-0.15, -0.1) is 11.3 Å². The van der Waals surface area contributed by atoms with Gasteiger partial charge in [-0.05, 0) is 24.5 Å². The van der Waals surface area contributed by atoms with Gasteiger partial charge in [0.1, 0.15) is 0 Å². The fraction of sp³-hybridized carbons (Fsp3) is 0.250. The van der Waals surface area contributed by atoms with Crippen LogP contribution in [0.3, 0.4) is 0 Å². The zero-order valence-electron chi connectivity index (χ0n) is 13.0. The molecule has 2 aromatic carbocycles. The smallest absolute Gasteiger partial charge is 0.151 e. The standard InChI is InChI=1S/C20H20OS/c1-20(2,13-12-15-8-4-3-5-9-15)19-17(14-21)16-10-6-7-11-18(16)22-19/h3-11,14H,12-13H2,1-2H3. The summed E-state index contributed by atoms with van der Waals surface area (Å²) < 4.78 is 1.20. The topological polar surface area (TPSA) is 17.1 Å². The van der Waals surface area contributed by atoms with E-state index in [2.05, 4.69) is 44.2 Å². The zero-order valence-corrected chi connectivity index (χ0v) is 13.8. The van der Waals surface area contributed by atoms with Crippen molar-refractivity contribution in [1.82, 2.24) is 0 Å². The minimum atomic E-state index is -0.00420. The molecule has 3 rings (SSSR count). The monoisotopic (exact) mass is 308 g/mol. The van der Waals surface area contributed by atoms with Crippen LogP contribution in [0.5, 0.6) is 0 Å². The molecule has 0 aliphatic heterocycles. The van der Waals surface area contributed by atoms with Crippen LogP contribution < -0.4 is 0 Å². The maximum atomic E-state index is 11.6. The van der Waals surface area contributed by atoms with Crippen LogP contribution in [0.4, 0.5) is 0 Å². The van der Waals surface area contributed by atoms with Crippen molar-refractivity contribution < 1.29 is 4.79 Å². The molecule has 0 spiro atoms. The lowest BCUT2D eigenvalue weighted by Crippen LogP contribution is -2.18. The van der Waals surface area contributed by atoms with Gasteiger partial charge >= 0.3 is 0 Å². The highest BCUT2D eigenvalue weighted by atomic mass is 32.1. The van der Waals surface area contributed by atoms with Crippen molar-refractivity contribution in [3.05, 3.63) is 70.6 Å². The molecule has 0 aliphatic carbocycles. The predicted molar refractivity (Wildman–Crippen MR) is 95.0 cm³/mol. The Morgan fingerprint density at radius 3 is 2.41 bits per heavy atom. The van der Waals surface area contributed by atoms with Gasteiger partial charge in [0.05, 0.1) is 0 Å². The Hall–Kier alpha value is -1.93. The molecule has 0 saturated heterocycles. The molecule has 0 amide bonds. The van der Waals surface area contributed by atoms with Crippen LogP contribution in [0, 0.1) is 0 Å². The number of carbonyl (C=O) groups excluding carboxylic acids is 1. The maximum absolute atomic E-state index is 11.6. The van der Waals surface area contributed by atoms with Gasteiger partial charge in [-0.1, -0.05) is 62.4 Å². The summed E-state index contributed by atoms with van der Waals surface area (Å²) in [5, 5.41) is 1.09. The highest BCUT2D eigenvalue weighted by Gasteiger charge is 2.27. The lowest BCUT2D eigenvalue weighted by atomic mass is 9.83. The van der Waals surface area contributed by atoms with E-state index in [4.69, 9.17) is 0 Å². The number of hydrogen-bond acceptors (Lipinski definition) is 2. The van der Waals surface area contributed by atoms with Gasteiger partial charge in [-0.25, -0.2) is 0 Å². The summed E-state index contributed by atoms with van der Waals surface area (Å²) in [5.41, 5.74) is 2.22. The molecule has 2 heteroatoms. The normalized spacial score (nSPS) is 11.7. The van der Waals surface area contributed by atoms with Crippen LogP contribution in [0.2, 0.25) is 0 Å². The summed E-state index contributed by atoms with van der Waals surface area (Å²) in [7, 11) is 0. The van der Waals surface area contributed by atoms with E-state index < -0.39 is 0 Å². The molecule has 3 aromatic rings. The van der Waals surface area contributed by atoms with Crippen LogP contribution in [0.15, 0.2) is 54.6 Å². The molecule has 0 aliphatic rings. The molecule has 1 heterocycles. The maximum Gasteiger partial charge on any atom is 0.151 e. The van der Waals surface area contributed by atoms with E-state index in [0.29, 0.717) is 0 Å². The lowest BCUT2D eigenvalue weighted by Gasteiger charge is -2.24. The summed E-state index contributed by atoms with van der Waals surface area (Å²) in [6, 6.07) is 18.7. The van der Waals surface area contributed by atoms with Gasteiger partial charge in [0.25, 0.3) is 0 Å². The molecule has 0 radical (unpaired) electrons. The fourth-order valence-corrected chi connectivity index (χ4v) is 4.20. The van der Waals surface area contributed by atoms with E-state index in [1.165, 1.54) is 15.1 Å². The van der Waals surface area contributed by atoms with E-state index in [1.54, 1.807) is 11.3 Å². The number of fused-ring (bicyclic) bond motifs is 1. The van der Waals surface area contributed by atoms with Crippen LogP contribution in [0.1, 0.15) is 41.1 Å². The van der Waals surface area contributed by atoms with Gasteiger partial charge in [-0.3, -0.25) is 4.79 Å². The third-order valence-electron chi connectivity index (χ3n) is 4.25. The largest absolute Gasteiger partial charge is 0.298 e. The molecule has 112 valence electrons. The Balaban J connectivity index is 1.93. The van der Waals surface area contributed by atoms with Crippen LogP contribution in [-0.2, 0) is 11.8 Å². The van der Waals surface area contributed by atoms with Crippen molar-refractivity contribution >= 4 is 27.7 Å². The van der Waals surface area contributed by atoms with Gasteiger partial charge in [0, 0.05) is 25.9 Å². The molecule has 0 saturated carbocycles. The summed E-state index contributed by atoms with van der Waals surface area (Å²) in [6.45, 7) is 4.49. The molecule has 0 N–H and O–H groups in total. The molecule has 22 heavy (non-hydrogen) atoms. The Morgan fingerprint density at radius 2 is 1.68 bits per heavy atom. The molecule has 0 unspecified atom stereocenters. The Kier molecular flexibility index (Phi) is 4.12. The third-order valence-corrected chi connectivity index (χ3v) is 5.80. The fourth-order valence-electron chi connectivity index (χ4n) is 2.90. The van der Waals surface area contributed by atoms with Crippen molar-refractivity contribution in [2.75, 3.05) is 0 Å². The van der Waals surface area contributed by atoms with Crippen LogP contribution >= 0.6 is 11.3 Å². The minimum absolute atomic E-state index is 0.00420. The first-order valence-corrected chi connectivity index (χ1v) is 8.44. The predicted octanol–water partition coefficient (Wildman–Crippen LogP) is 5.62. The SMILES string of the molecule is CC(C)(CCc1ccccc1)c1sc2ccccc2c1C=O. The highest BCUT2D eigenvalue weighted by molar-refractivity contribution is 7.19.